The standard InChI is InChI=1S/C12H14N2O2/c1-2-16-12(15)5-3-4-10-6-8-11(14-13)9-7-10/h6-9,14H,2,5,13H2,1H3. The predicted molar refractivity (Wildman–Crippen MR) is 62.4 cm³/mol. The number of anilines is 1. The zero-order chi connectivity index (χ0) is 11.8. The van der Waals surface area contributed by atoms with Crippen molar-refractivity contribution in [2.24, 2.45) is 5.84 Å². The highest BCUT2D eigenvalue weighted by molar-refractivity contribution is 5.72. The third kappa shape index (κ3) is 4.03. The van der Waals surface area contributed by atoms with Crippen molar-refractivity contribution in [2.75, 3.05) is 12.0 Å². The van der Waals surface area contributed by atoms with Crippen molar-refractivity contribution in [3.63, 3.8) is 0 Å². The summed E-state index contributed by atoms with van der Waals surface area (Å²) in [5.74, 6) is 10.5. The monoisotopic (exact) mass is 218 g/mol. The molecule has 0 fully saturated rings. The van der Waals surface area contributed by atoms with Crippen LogP contribution in [0.5, 0.6) is 0 Å². The number of nitrogens with one attached hydrogen (secondary N) is 1. The van der Waals surface area contributed by atoms with Crippen molar-refractivity contribution in [3.8, 4) is 11.8 Å². The number of hydrazine groups is 1. The van der Waals surface area contributed by atoms with E-state index in [1.54, 1.807) is 6.92 Å². The van der Waals surface area contributed by atoms with E-state index in [0.29, 0.717) is 6.61 Å². The molecule has 4 nitrogen and oxygen atoms in total. The SMILES string of the molecule is CCOC(=O)CC#Cc1ccc(NN)cc1. The van der Waals surface area contributed by atoms with E-state index in [1.165, 1.54) is 0 Å². The van der Waals surface area contributed by atoms with Crippen molar-refractivity contribution >= 4 is 11.7 Å². The Balaban J connectivity index is 2.53. The van der Waals surface area contributed by atoms with Crippen LogP contribution in [0.15, 0.2) is 24.3 Å². The fourth-order valence-corrected chi connectivity index (χ4v) is 1.08. The number of carbonyl (C=O) groups excluding carboxylic acids is 1. The van der Waals surface area contributed by atoms with Crippen LogP contribution in [0.3, 0.4) is 0 Å². The van der Waals surface area contributed by atoms with E-state index >= 15 is 0 Å². The Bertz CT molecular complexity index is 401. The summed E-state index contributed by atoms with van der Waals surface area (Å²) in [4.78, 5) is 11.0. The lowest BCUT2D eigenvalue weighted by Crippen LogP contribution is -2.06. The first-order valence-corrected chi connectivity index (χ1v) is 4.97. The minimum atomic E-state index is -0.296. The first kappa shape index (κ1) is 12.1. The third-order valence-electron chi connectivity index (χ3n) is 1.82. The Kier molecular flexibility index (Phi) is 4.90. The first-order valence-electron chi connectivity index (χ1n) is 4.97. The third-order valence-corrected chi connectivity index (χ3v) is 1.82. The number of ether oxygens (including phenoxy) is 1. The molecule has 0 aromatic heterocycles. The lowest BCUT2D eigenvalue weighted by atomic mass is 10.2. The topological polar surface area (TPSA) is 64.3 Å². The van der Waals surface area contributed by atoms with Crippen molar-refractivity contribution in [3.05, 3.63) is 29.8 Å². The lowest BCUT2D eigenvalue weighted by Gasteiger charge is -1.97. The fraction of sp³-hybridized carbons (Fsp3) is 0.250. The highest BCUT2D eigenvalue weighted by Crippen LogP contribution is 2.06. The highest BCUT2D eigenvalue weighted by Gasteiger charge is 1.96. The second-order valence-corrected chi connectivity index (χ2v) is 3.01. The number of nitrogen functional groups attached to an aromatic ring is 1. The van der Waals surface area contributed by atoms with E-state index in [-0.39, 0.29) is 12.4 Å². The van der Waals surface area contributed by atoms with Crippen molar-refractivity contribution < 1.29 is 9.53 Å². The molecule has 0 atom stereocenters. The molecule has 3 N–H and O–H groups in total. The van der Waals surface area contributed by atoms with E-state index < -0.39 is 0 Å². The average Bonchev–Trinajstić information content (AvgIpc) is 2.30. The van der Waals surface area contributed by atoms with Gasteiger partial charge in [-0.1, -0.05) is 11.8 Å². The molecule has 0 spiro atoms. The molecule has 0 aliphatic heterocycles. The first-order chi connectivity index (χ1) is 7.76. The summed E-state index contributed by atoms with van der Waals surface area (Å²) in [5, 5.41) is 0. The predicted octanol–water partition coefficient (Wildman–Crippen LogP) is 1.28. The van der Waals surface area contributed by atoms with Crippen molar-refractivity contribution in [2.45, 2.75) is 13.3 Å². The second kappa shape index (κ2) is 6.49. The van der Waals surface area contributed by atoms with Crippen LogP contribution in [0.4, 0.5) is 5.69 Å². The maximum Gasteiger partial charge on any atom is 0.317 e. The lowest BCUT2D eigenvalue weighted by molar-refractivity contribution is -0.141. The zero-order valence-corrected chi connectivity index (χ0v) is 9.12. The van der Waals surface area contributed by atoms with Gasteiger partial charge in [0, 0.05) is 11.3 Å². The molecular weight excluding hydrogens is 204 g/mol. The normalized spacial score (nSPS) is 8.88. The summed E-state index contributed by atoms with van der Waals surface area (Å²) in [7, 11) is 0. The Morgan fingerprint density at radius 2 is 2.12 bits per heavy atom. The molecule has 1 rings (SSSR count). The summed E-state index contributed by atoms with van der Waals surface area (Å²) in [6.45, 7) is 2.15. The quantitative estimate of drug-likeness (QED) is 0.347. The minimum Gasteiger partial charge on any atom is -0.465 e. The molecular formula is C12H14N2O2. The molecule has 0 heterocycles. The molecule has 0 amide bonds. The van der Waals surface area contributed by atoms with Gasteiger partial charge < -0.3 is 10.2 Å². The molecule has 1 aromatic carbocycles. The molecule has 0 saturated carbocycles. The van der Waals surface area contributed by atoms with Gasteiger partial charge in [-0.3, -0.25) is 10.6 Å². The summed E-state index contributed by atoms with van der Waals surface area (Å²) in [6, 6.07) is 7.28. The van der Waals surface area contributed by atoms with Gasteiger partial charge in [-0.05, 0) is 31.2 Å². The van der Waals surface area contributed by atoms with Crippen LogP contribution in [-0.2, 0) is 9.53 Å². The number of benzene rings is 1. The number of esters is 1. The van der Waals surface area contributed by atoms with Crippen LogP contribution in [-0.4, -0.2) is 12.6 Å². The van der Waals surface area contributed by atoms with Crippen molar-refractivity contribution in [1.82, 2.24) is 0 Å². The molecule has 84 valence electrons. The smallest absolute Gasteiger partial charge is 0.317 e. The number of hydrogen-bond acceptors (Lipinski definition) is 4. The Hall–Kier alpha value is -1.99. The summed E-state index contributed by atoms with van der Waals surface area (Å²) in [6.07, 6.45) is 0.116. The van der Waals surface area contributed by atoms with Gasteiger partial charge in [0.1, 0.15) is 6.42 Å². The summed E-state index contributed by atoms with van der Waals surface area (Å²) >= 11 is 0. The van der Waals surface area contributed by atoms with Gasteiger partial charge in [0.25, 0.3) is 0 Å². The number of rotatable bonds is 3. The van der Waals surface area contributed by atoms with Gasteiger partial charge in [-0.2, -0.15) is 0 Å². The summed E-state index contributed by atoms with van der Waals surface area (Å²) in [5.41, 5.74) is 4.18. The number of nitrogens with two attached hydrogens (primary N) is 1. The van der Waals surface area contributed by atoms with Crippen LogP contribution >= 0.6 is 0 Å². The van der Waals surface area contributed by atoms with E-state index in [2.05, 4.69) is 17.3 Å². The van der Waals surface area contributed by atoms with E-state index in [0.717, 1.165) is 11.3 Å². The van der Waals surface area contributed by atoms with Crippen molar-refractivity contribution in [1.29, 1.82) is 0 Å². The largest absolute Gasteiger partial charge is 0.465 e. The van der Waals surface area contributed by atoms with Gasteiger partial charge in [-0.15, -0.1) is 0 Å². The van der Waals surface area contributed by atoms with Gasteiger partial charge in [0.05, 0.1) is 6.61 Å². The van der Waals surface area contributed by atoms with E-state index in [1.807, 2.05) is 24.3 Å². The number of hydrogen-bond donors (Lipinski definition) is 2. The molecule has 0 aliphatic rings. The van der Waals surface area contributed by atoms with Gasteiger partial charge in [0.15, 0.2) is 0 Å². The van der Waals surface area contributed by atoms with Crippen LogP contribution in [0.2, 0.25) is 0 Å². The summed E-state index contributed by atoms with van der Waals surface area (Å²) < 4.78 is 4.75. The maximum absolute atomic E-state index is 11.0. The zero-order valence-electron chi connectivity index (χ0n) is 9.12. The molecule has 1 aromatic rings. The van der Waals surface area contributed by atoms with Gasteiger partial charge in [-0.25, -0.2) is 0 Å². The molecule has 4 heteroatoms. The van der Waals surface area contributed by atoms with Crippen LogP contribution < -0.4 is 11.3 Å². The van der Waals surface area contributed by atoms with Crippen LogP contribution in [0.1, 0.15) is 18.9 Å². The molecule has 0 aliphatic carbocycles. The Morgan fingerprint density at radius 3 is 2.69 bits per heavy atom. The molecule has 0 saturated heterocycles. The highest BCUT2D eigenvalue weighted by atomic mass is 16.5. The molecule has 0 bridgehead atoms. The second-order valence-electron chi connectivity index (χ2n) is 3.01. The van der Waals surface area contributed by atoms with Crippen LogP contribution in [0.25, 0.3) is 0 Å². The fourth-order valence-electron chi connectivity index (χ4n) is 1.08. The van der Waals surface area contributed by atoms with Crippen LogP contribution in [0, 0.1) is 11.8 Å². The van der Waals surface area contributed by atoms with E-state index in [9.17, 15) is 4.79 Å². The van der Waals surface area contributed by atoms with Gasteiger partial charge >= 0.3 is 5.97 Å². The average molecular weight is 218 g/mol. The number of carbonyl (C=O) groups is 1. The van der Waals surface area contributed by atoms with E-state index in [4.69, 9.17) is 10.6 Å². The Morgan fingerprint density at radius 1 is 1.44 bits per heavy atom. The molecule has 0 unspecified atom stereocenters. The van der Waals surface area contributed by atoms with Gasteiger partial charge in [0.2, 0.25) is 0 Å². The maximum atomic E-state index is 11.0. The molecule has 0 radical (unpaired) electrons. The minimum absolute atomic E-state index is 0.116. The molecule has 16 heavy (non-hydrogen) atoms. The Labute approximate surface area is 94.8 Å².